The maximum Gasteiger partial charge on any atom is 0.408 e. The van der Waals surface area contributed by atoms with Crippen molar-refractivity contribution in [2.45, 2.75) is 71.7 Å². The highest BCUT2D eigenvalue weighted by atomic mass is 32.1. The Bertz CT molecular complexity index is 764. The van der Waals surface area contributed by atoms with Crippen LogP contribution in [-0.2, 0) is 14.3 Å². The molecule has 0 radical (unpaired) electrons. The Morgan fingerprint density at radius 2 is 1.77 bits per heavy atom. The van der Waals surface area contributed by atoms with Gasteiger partial charge in [-0.2, -0.15) is 12.6 Å². The average molecular weight is 454 g/mol. The number of para-hydroxylation sites is 1. The third-order valence-electron chi connectivity index (χ3n) is 4.14. The first-order chi connectivity index (χ1) is 14.4. The van der Waals surface area contributed by atoms with Gasteiger partial charge in [-0.1, -0.05) is 25.1 Å². The topological polar surface area (TPSA) is 108 Å². The summed E-state index contributed by atoms with van der Waals surface area (Å²) in [5, 5.41) is 15.8. The summed E-state index contributed by atoms with van der Waals surface area (Å²) in [6.45, 7) is 10.9. The van der Waals surface area contributed by atoms with Gasteiger partial charge in [0, 0.05) is 23.9 Å². The van der Waals surface area contributed by atoms with E-state index in [-0.39, 0.29) is 24.1 Å². The van der Waals surface area contributed by atoms with E-state index in [1.807, 2.05) is 20.8 Å². The van der Waals surface area contributed by atoms with Crippen LogP contribution in [-0.4, -0.2) is 57.9 Å². The van der Waals surface area contributed by atoms with Gasteiger partial charge in [0.15, 0.2) is 0 Å². The molecule has 0 aliphatic rings. The summed E-state index contributed by atoms with van der Waals surface area (Å²) in [4.78, 5) is 40.1. The number of nitrogens with one attached hydrogen (secondary N) is 2. The Hall–Kier alpha value is -2.42. The van der Waals surface area contributed by atoms with Crippen LogP contribution in [0.25, 0.3) is 0 Å². The van der Waals surface area contributed by atoms with E-state index < -0.39 is 35.6 Å². The first kappa shape index (κ1) is 26.6. The van der Waals surface area contributed by atoms with Crippen LogP contribution in [0.1, 0.15) is 59.6 Å². The molecule has 0 aliphatic heterocycles. The number of phenols is 1. The summed E-state index contributed by atoms with van der Waals surface area (Å²) in [6.07, 6.45) is -0.182. The molecule has 9 heteroatoms. The number of benzene rings is 1. The smallest absolute Gasteiger partial charge is 0.408 e. The number of amides is 3. The summed E-state index contributed by atoms with van der Waals surface area (Å²) in [5.41, 5.74) is -0.426. The fourth-order valence-electron chi connectivity index (χ4n) is 2.98. The lowest BCUT2D eigenvalue weighted by molar-refractivity contribution is -0.142. The maximum absolute atomic E-state index is 13.4. The van der Waals surface area contributed by atoms with Crippen LogP contribution < -0.4 is 10.6 Å². The molecule has 1 aromatic rings. The molecule has 0 aromatic heterocycles. The summed E-state index contributed by atoms with van der Waals surface area (Å²) in [7, 11) is 0. The van der Waals surface area contributed by atoms with Gasteiger partial charge in [0.1, 0.15) is 23.4 Å². The molecule has 2 atom stereocenters. The predicted octanol–water partition coefficient (Wildman–Crippen LogP) is 3.02. The van der Waals surface area contributed by atoms with Gasteiger partial charge in [-0.15, -0.1) is 0 Å². The van der Waals surface area contributed by atoms with E-state index in [1.54, 1.807) is 39.0 Å². The van der Waals surface area contributed by atoms with Crippen molar-refractivity contribution in [2.75, 3.05) is 12.3 Å². The highest BCUT2D eigenvalue weighted by Crippen LogP contribution is 2.30. The third kappa shape index (κ3) is 8.32. The lowest BCUT2D eigenvalue weighted by Gasteiger charge is -2.34. The van der Waals surface area contributed by atoms with Crippen LogP contribution in [0, 0.1) is 0 Å². The Kier molecular flexibility index (Phi) is 10.2. The second kappa shape index (κ2) is 11.8. The number of alkyl carbamates (subject to hydrolysis) is 1. The standard InChI is InChI=1S/C22H35N3O5S/c1-7-12-25(20(28)16(13-31)24-21(29)30-22(4,5)6)18(19(27)23-14(2)3)15-10-8-9-11-17(15)26/h8-11,14,16,18,26,31H,7,12-13H2,1-6H3,(H,23,27)(H,24,29). The van der Waals surface area contributed by atoms with Gasteiger partial charge < -0.3 is 25.4 Å². The molecule has 0 saturated heterocycles. The van der Waals surface area contributed by atoms with Crippen LogP contribution in [0.2, 0.25) is 0 Å². The number of phenolic OH excluding ortho intramolecular Hbond substituents is 1. The molecular formula is C22H35N3O5S. The van der Waals surface area contributed by atoms with Crippen molar-refractivity contribution in [3.05, 3.63) is 29.8 Å². The largest absolute Gasteiger partial charge is 0.508 e. The molecule has 2 unspecified atom stereocenters. The molecule has 1 rings (SSSR count). The van der Waals surface area contributed by atoms with Crippen LogP contribution in [0.5, 0.6) is 5.75 Å². The highest BCUT2D eigenvalue weighted by Gasteiger charge is 2.36. The number of carbonyl (C=O) groups excluding carboxylic acids is 3. The van der Waals surface area contributed by atoms with E-state index in [4.69, 9.17) is 4.74 Å². The molecule has 31 heavy (non-hydrogen) atoms. The minimum absolute atomic E-state index is 0.0115. The second-order valence-corrected chi connectivity index (χ2v) is 8.90. The normalized spacial score (nSPS) is 13.3. The van der Waals surface area contributed by atoms with E-state index in [2.05, 4.69) is 23.3 Å². The third-order valence-corrected chi connectivity index (χ3v) is 4.51. The molecule has 0 bridgehead atoms. The molecule has 0 fully saturated rings. The number of rotatable bonds is 9. The van der Waals surface area contributed by atoms with E-state index in [1.165, 1.54) is 11.0 Å². The minimum atomic E-state index is -1.07. The van der Waals surface area contributed by atoms with Gasteiger partial charge >= 0.3 is 6.09 Å². The fourth-order valence-corrected chi connectivity index (χ4v) is 3.22. The summed E-state index contributed by atoms with van der Waals surface area (Å²) in [6, 6.07) is 4.15. The second-order valence-electron chi connectivity index (χ2n) is 8.54. The minimum Gasteiger partial charge on any atom is -0.508 e. The van der Waals surface area contributed by atoms with Crippen molar-refractivity contribution in [3.8, 4) is 5.75 Å². The van der Waals surface area contributed by atoms with Crippen molar-refractivity contribution in [1.82, 2.24) is 15.5 Å². The molecule has 1 aromatic carbocycles. The number of thiol groups is 1. The van der Waals surface area contributed by atoms with E-state index in [0.717, 1.165) is 0 Å². The average Bonchev–Trinajstić information content (AvgIpc) is 2.64. The predicted molar refractivity (Wildman–Crippen MR) is 123 cm³/mol. The van der Waals surface area contributed by atoms with Crippen molar-refractivity contribution < 1.29 is 24.2 Å². The zero-order valence-electron chi connectivity index (χ0n) is 19.1. The van der Waals surface area contributed by atoms with Crippen LogP contribution in [0.15, 0.2) is 24.3 Å². The summed E-state index contributed by atoms with van der Waals surface area (Å²) in [5.74, 6) is -0.997. The lowest BCUT2D eigenvalue weighted by atomic mass is 10.0. The Morgan fingerprint density at radius 1 is 1.16 bits per heavy atom. The maximum atomic E-state index is 13.4. The van der Waals surface area contributed by atoms with Gasteiger partial charge in [-0.05, 0) is 47.1 Å². The highest BCUT2D eigenvalue weighted by molar-refractivity contribution is 7.80. The lowest BCUT2D eigenvalue weighted by Crippen LogP contribution is -2.54. The summed E-state index contributed by atoms with van der Waals surface area (Å²) >= 11 is 4.22. The van der Waals surface area contributed by atoms with Crippen LogP contribution >= 0.6 is 12.6 Å². The van der Waals surface area contributed by atoms with E-state index in [0.29, 0.717) is 12.0 Å². The molecule has 0 spiro atoms. The SMILES string of the molecule is CCCN(C(=O)C(CS)NC(=O)OC(C)(C)C)C(C(=O)NC(C)C)c1ccccc1O. The first-order valence-electron chi connectivity index (χ1n) is 10.4. The molecule has 174 valence electrons. The zero-order valence-corrected chi connectivity index (χ0v) is 20.0. The van der Waals surface area contributed by atoms with Crippen LogP contribution in [0.4, 0.5) is 4.79 Å². The molecule has 0 aliphatic carbocycles. The number of nitrogens with zero attached hydrogens (tertiary/aromatic N) is 1. The number of ether oxygens (including phenoxy) is 1. The number of hydrogen-bond donors (Lipinski definition) is 4. The Labute approximate surface area is 190 Å². The fraction of sp³-hybridized carbons (Fsp3) is 0.591. The van der Waals surface area contributed by atoms with Crippen LogP contribution in [0.3, 0.4) is 0 Å². The van der Waals surface area contributed by atoms with Gasteiger partial charge in [0.05, 0.1) is 0 Å². The quantitative estimate of drug-likeness (QED) is 0.430. The zero-order chi connectivity index (χ0) is 23.8. The van der Waals surface area contributed by atoms with Crippen molar-refractivity contribution >= 4 is 30.5 Å². The van der Waals surface area contributed by atoms with E-state index >= 15 is 0 Å². The Balaban J connectivity index is 3.32. The molecule has 0 saturated carbocycles. The summed E-state index contributed by atoms with van der Waals surface area (Å²) < 4.78 is 5.25. The van der Waals surface area contributed by atoms with E-state index in [9.17, 15) is 19.5 Å². The molecule has 0 heterocycles. The monoisotopic (exact) mass is 453 g/mol. The number of carbonyl (C=O) groups is 3. The Morgan fingerprint density at radius 3 is 2.26 bits per heavy atom. The molecule has 8 nitrogen and oxygen atoms in total. The van der Waals surface area contributed by atoms with Crippen molar-refractivity contribution in [1.29, 1.82) is 0 Å². The number of hydrogen-bond acceptors (Lipinski definition) is 6. The first-order valence-corrected chi connectivity index (χ1v) is 11.0. The van der Waals surface area contributed by atoms with Crippen molar-refractivity contribution in [3.63, 3.8) is 0 Å². The van der Waals surface area contributed by atoms with Gasteiger partial charge in [0.2, 0.25) is 11.8 Å². The molecule has 3 amide bonds. The van der Waals surface area contributed by atoms with Gasteiger partial charge in [-0.25, -0.2) is 4.79 Å². The molecular weight excluding hydrogens is 418 g/mol. The van der Waals surface area contributed by atoms with Gasteiger partial charge in [-0.3, -0.25) is 9.59 Å². The van der Waals surface area contributed by atoms with Crippen molar-refractivity contribution in [2.24, 2.45) is 0 Å². The van der Waals surface area contributed by atoms with Gasteiger partial charge in [0.25, 0.3) is 0 Å². The number of aromatic hydroxyl groups is 1. The molecule has 3 N–H and O–H groups in total.